The van der Waals surface area contributed by atoms with Crippen LogP contribution in [0.2, 0.25) is 0 Å². The summed E-state index contributed by atoms with van der Waals surface area (Å²) < 4.78 is 15.9. The molecule has 7 nitrogen and oxygen atoms in total. The Labute approximate surface area is 161 Å². The molecule has 27 heavy (non-hydrogen) atoms. The summed E-state index contributed by atoms with van der Waals surface area (Å²) in [6.45, 7) is 5.49. The summed E-state index contributed by atoms with van der Waals surface area (Å²) in [7, 11) is 4.80. The molecule has 1 aromatic carbocycles. The zero-order valence-electron chi connectivity index (χ0n) is 16.8. The Morgan fingerprint density at radius 1 is 1.19 bits per heavy atom. The second-order valence-corrected chi connectivity index (χ2v) is 7.00. The zero-order chi connectivity index (χ0) is 20.0. The van der Waals surface area contributed by atoms with E-state index in [9.17, 15) is 9.59 Å². The van der Waals surface area contributed by atoms with Crippen LogP contribution < -0.4 is 14.8 Å². The Bertz CT molecular complexity index is 662. The largest absolute Gasteiger partial charge is 0.497 e. The second kappa shape index (κ2) is 9.60. The van der Waals surface area contributed by atoms with Crippen LogP contribution in [-0.4, -0.2) is 64.3 Å². The molecule has 0 aliphatic carbocycles. The number of ether oxygens (including phenoxy) is 3. The molecule has 2 unspecified atom stereocenters. The topological polar surface area (TPSA) is 77.1 Å². The summed E-state index contributed by atoms with van der Waals surface area (Å²) in [5, 5.41) is 2.91. The van der Waals surface area contributed by atoms with Crippen LogP contribution in [0, 0.1) is 11.8 Å². The summed E-state index contributed by atoms with van der Waals surface area (Å²) in [5.41, 5.74) is 0.878. The summed E-state index contributed by atoms with van der Waals surface area (Å²) in [5.74, 6) is 0.710. The van der Waals surface area contributed by atoms with Gasteiger partial charge in [0.15, 0.2) is 0 Å². The van der Waals surface area contributed by atoms with E-state index in [-0.39, 0.29) is 29.6 Å². The smallest absolute Gasteiger partial charge is 0.225 e. The van der Waals surface area contributed by atoms with Crippen LogP contribution in [-0.2, 0) is 14.3 Å². The average molecular weight is 378 g/mol. The standard InChI is InChI=1S/C20H30N2O5/c1-13(2)20(24)22-11-16(17(12-22)19(23)21-8-9-25-3)15-10-14(26-4)6-7-18(15)27-5/h6-7,10,13,16-17H,8-9,11-12H2,1-5H3,(H,21,23). The first-order chi connectivity index (χ1) is 12.9. The molecule has 1 aliphatic rings. The number of hydrogen-bond donors (Lipinski definition) is 1. The molecule has 2 rings (SSSR count). The maximum Gasteiger partial charge on any atom is 0.225 e. The van der Waals surface area contributed by atoms with Crippen molar-refractivity contribution in [2.24, 2.45) is 11.8 Å². The van der Waals surface area contributed by atoms with Crippen LogP contribution >= 0.6 is 0 Å². The van der Waals surface area contributed by atoms with E-state index in [0.717, 1.165) is 5.56 Å². The van der Waals surface area contributed by atoms with Gasteiger partial charge in [0.2, 0.25) is 11.8 Å². The van der Waals surface area contributed by atoms with Crippen molar-refractivity contribution in [3.63, 3.8) is 0 Å². The molecular formula is C20H30N2O5. The van der Waals surface area contributed by atoms with Gasteiger partial charge in [-0.25, -0.2) is 0 Å². The van der Waals surface area contributed by atoms with Crippen LogP contribution in [0.1, 0.15) is 25.3 Å². The third kappa shape index (κ3) is 4.91. The van der Waals surface area contributed by atoms with E-state index >= 15 is 0 Å². The predicted molar refractivity (Wildman–Crippen MR) is 102 cm³/mol. The molecule has 2 atom stereocenters. The first kappa shape index (κ1) is 21.0. The normalized spacial score (nSPS) is 19.3. The highest BCUT2D eigenvalue weighted by Gasteiger charge is 2.42. The molecule has 1 fully saturated rings. The number of carbonyl (C=O) groups excluding carboxylic acids is 2. The van der Waals surface area contributed by atoms with E-state index in [1.807, 2.05) is 32.0 Å². The van der Waals surface area contributed by atoms with E-state index in [0.29, 0.717) is 37.7 Å². The number of benzene rings is 1. The van der Waals surface area contributed by atoms with Gasteiger partial charge in [0.1, 0.15) is 11.5 Å². The van der Waals surface area contributed by atoms with Gasteiger partial charge in [-0.3, -0.25) is 9.59 Å². The van der Waals surface area contributed by atoms with Gasteiger partial charge in [0, 0.05) is 44.1 Å². The fraction of sp³-hybridized carbons (Fsp3) is 0.600. The number of likely N-dealkylation sites (tertiary alicyclic amines) is 1. The van der Waals surface area contributed by atoms with E-state index < -0.39 is 0 Å². The highest BCUT2D eigenvalue weighted by molar-refractivity contribution is 5.84. The van der Waals surface area contributed by atoms with Crippen LogP contribution in [0.15, 0.2) is 18.2 Å². The Kier molecular flexibility index (Phi) is 7.47. The van der Waals surface area contributed by atoms with Gasteiger partial charge in [-0.05, 0) is 18.2 Å². The molecule has 2 amide bonds. The third-order valence-electron chi connectivity index (χ3n) is 4.90. The quantitative estimate of drug-likeness (QED) is 0.696. The van der Waals surface area contributed by atoms with Gasteiger partial charge in [-0.2, -0.15) is 0 Å². The van der Waals surface area contributed by atoms with Crippen molar-refractivity contribution in [1.82, 2.24) is 10.2 Å². The number of hydrogen-bond acceptors (Lipinski definition) is 5. The van der Waals surface area contributed by atoms with E-state index in [1.54, 1.807) is 26.2 Å². The van der Waals surface area contributed by atoms with E-state index in [4.69, 9.17) is 14.2 Å². The highest BCUT2D eigenvalue weighted by atomic mass is 16.5. The Hall–Kier alpha value is -2.28. The van der Waals surface area contributed by atoms with Gasteiger partial charge >= 0.3 is 0 Å². The molecule has 1 heterocycles. The number of rotatable bonds is 8. The molecule has 1 saturated heterocycles. The maximum atomic E-state index is 12.8. The molecule has 1 aliphatic heterocycles. The van der Waals surface area contributed by atoms with Crippen molar-refractivity contribution >= 4 is 11.8 Å². The molecule has 7 heteroatoms. The molecule has 0 aromatic heterocycles. The van der Waals surface area contributed by atoms with E-state index in [2.05, 4.69) is 5.32 Å². The van der Waals surface area contributed by atoms with Gasteiger partial charge in [0.25, 0.3) is 0 Å². The minimum Gasteiger partial charge on any atom is -0.497 e. The van der Waals surface area contributed by atoms with Crippen molar-refractivity contribution in [1.29, 1.82) is 0 Å². The minimum absolute atomic E-state index is 0.0501. The highest BCUT2D eigenvalue weighted by Crippen LogP contribution is 2.39. The molecular weight excluding hydrogens is 348 g/mol. The van der Waals surface area contributed by atoms with Crippen LogP contribution in [0.5, 0.6) is 11.5 Å². The lowest BCUT2D eigenvalue weighted by Crippen LogP contribution is -2.37. The summed E-state index contributed by atoms with van der Waals surface area (Å²) >= 11 is 0. The molecule has 0 bridgehead atoms. The number of methoxy groups -OCH3 is 3. The maximum absolute atomic E-state index is 12.8. The molecule has 0 spiro atoms. The Balaban J connectivity index is 2.34. The molecule has 0 saturated carbocycles. The third-order valence-corrected chi connectivity index (χ3v) is 4.90. The van der Waals surface area contributed by atoms with E-state index in [1.165, 1.54) is 0 Å². The number of amides is 2. The number of nitrogens with one attached hydrogen (secondary N) is 1. The summed E-state index contributed by atoms with van der Waals surface area (Å²) in [6.07, 6.45) is 0. The lowest BCUT2D eigenvalue weighted by atomic mass is 9.87. The summed E-state index contributed by atoms with van der Waals surface area (Å²) in [6, 6.07) is 5.55. The minimum atomic E-state index is -0.356. The second-order valence-electron chi connectivity index (χ2n) is 7.00. The van der Waals surface area contributed by atoms with Crippen molar-refractivity contribution < 1.29 is 23.8 Å². The Morgan fingerprint density at radius 3 is 2.52 bits per heavy atom. The predicted octanol–water partition coefficient (Wildman–Crippen LogP) is 1.66. The van der Waals surface area contributed by atoms with Crippen molar-refractivity contribution in [3.05, 3.63) is 23.8 Å². The van der Waals surface area contributed by atoms with Crippen molar-refractivity contribution in [2.45, 2.75) is 19.8 Å². The fourth-order valence-electron chi connectivity index (χ4n) is 3.47. The first-order valence-electron chi connectivity index (χ1n) is 9.20. The van der Waals surface area contributed by atoms with Crippen LogP contribution in [0.25, 0.3) is 0 Å². The van der Waals surface area contributed by atoms with Crippen LogP contribution in [0.3, 0.4) is 0 Å². The van der Waals surface area contributed by atoms with Crippen molar-refractivity contribution in [2.75, 3.05) is 47.6 Å². The molecule has 0 radical (unpaired) electrons. The zero-order valence-corrected chi connectivity index (χ0v) is 16.8. The number of nitrogens with zero attached hydrogens (tertiary/aromatic N) is 1. The SMILES string of the molecule is COCCNC(=O)C1CN(C(=O)C(C)C)CC1c1cc(OC)ccc1OC. The van der Waals surface area contributed by atoms with Crippen molar-refractivity contribution in [3.8, 4) is 11.5 Å². The molecule has 1 N–H and O–H groups in total. The van der Waals surface area contributed by atoms with Gasteiger partial charge in [-0.15, -0.1) is 0 Å². The fourth-order valence-corrected chi connectivity index (χ4v) is 3.47. The monoisotopic (exact) mass is 378 g/mol. The lowest BCUT2D eigenvalue weighted by Gasteiger charge is -2.21. The molecule has 1 aromatic rings. The average Bonchev–Trinajstić information content (AvgIpc) is 3.12. The first-order valence-corrected chi connectivity index (χ1v) is 9.20. The number of carbonyl (C=O) groups is 2. The molecule has 150 valence electrons. The van der Waals surface area contributed by atoms with Crippen LogP contribution in [0.4, 0.5) is 0 Å². The van der Waals surface area contributed by atoms with Gasteiger partial charge < -0.3 is 24.4 Å². The van der Waals surface area contributed by atoms with Gasteiger partial charge in [-0.1, -0.05) is 13.8 Å². The lowest BCUT2D eigenvalue weighted by molar-refractivity contribution is -0.133. The summed E-state index contributed by atoms with van der Waals surface area (Å²) in [4.78, 5) is 27.1. The van der Waals surface area contributed by atoms with Gasteiger partial charge in [0.05, 0.1) is 26.7 Å². The Morgan fingerprint density at radius 2 is 1.93 bits per heavy atom.